The molecule has 0 saturated heterocycles. The molecule has 4 heteroatoms. The highest BCUT2D eigenvalue weighted by Crippen LogP contribution is 2.26. The van der Waals surface area contributed by atoms with Crippen molar-refractivity contribution in [2.45, 2.75) is 43.5 Å². The van der Waals surface area contributed by atoms with Crippen molar-refractivity contribution in [3.8, 4) is 0 Å². The van der Waals surface area contributed by atoms with Crippen molar-refractivity contribution in [2.75, 3.05) is 0 Å². The molecule has 16 heavy (non-hydrogen) atoms. The third-order valence-corrected chi connectivity index (χ3v) is 4.16. The van der Waals surface area contributed by atoms with Crippen molar-refractivity contribution in [1.29, 1.82) is 0 Å². The predicted molar refractivity (Wildman–Crippen MR) is 65.9 cm³/mol. The molecule has 1 aromatic rings. The SMILES string of the molecule is CCc1occc1C(=O)NC1CCCC1Br. The van der Waals surface area contributed by atoms with Crippen molar-refractivity contribution in [1.82, 2.24) is 5.32 Å². The van der Waals surface area contributed by atoms with Gasteiger partial charge in [0.25, 0.3) is 5.91 Å². The summed E-state index contributed by atoms with van der Waals surface area (Å²) in [6, 6.07) is 2.00. The van der Waals surface area contributed by atoms with Gasteiger partial charge in [-0.1, -0.05) is 29.3 Å². The molecule has 2 rings (SSSR count). The molecule has 1 heterocycles. The van der Waals surface area contributed by atoms with E-state index in [9.17, 15) is 4.79 Å². The van der Waals surface area contributed by atoms with E-state index in [4.69, 9.17) is 4.42 Å². The maximum absolute atomic E-state index is 12.0. The molecule has 2 atom stereocenters. The van der Waals surface area contributed by atoms with Crippen LogP contribution in [0.15, 0.2) is 16.7 Å². The average Bonchev–Trinajstić information content (AvgIpc) is 2.87. The first-order valence-electron chi connectivity index (χ1n) is 5.73. The van der Waals surface area contributed by atoms with Gasteiger partial charge in [0.2, 0.25) is 0 Å². The highest BCUT2D eigenvalue weighted by Gasteiger charge is 2.27. The van der Waals surface area contributed by atoms with Gasteiger partial charge in [-0.3, -0.25) is 4.79 Å². The van der Waals surface area contributed by atoms with Crippen LogP contribution in [0.2, 0.25) is 0 Å². The predicted octanol–water partition coefficient (Wildman–Crippen LogP) is 2.89. The zero-order chi connectivity index (χ0) is 11.5. The van der Waals surface area contributed by atoms with Crippen molar-refractivity contribution in [2.24, 2.45) is 0 Å². The van der Waals surface area contributed by atoms with Gasteiger partial charge in [-0.25, -0.2) is 0 Å². The summed E-state index contributed by atoms with van der Waals surface area (Å²) in [7, 11) is 0. The lowest BCUT2D eigenvalue weighted by Crippen LogP contribution is -2.37. The quantitative estimate of drug-likeness (QED) is 0.868. The van der Waals surface area contributed by atoms with Gasteiger partial charge in [0.15, 0.2) is 0 Å². The Bertz CT molecular complexity index is 375. The Kier molecular flexibility index (Phi) is 3.69. The fourth-order valence-electron chi connectivity index (χ4n) is 2.14. The number of alkyl halides is 1. The van der Waals surface area contributed by atoms with Crippen LogP contribution in [0.3, 0.4) is 0 Å². The molecule has 1 aliphatic rings. The number of rotatable bonds is 3. The van der Waals surface area contributed by atoms with E-state index in [1.165, 1.54) is 6.42 Å². The largest absolute Gasteiger partial charge is 0.469 e. The number of carbonyl (C=O) groups is 1. The summed E-state index contributed by atoms with van der Waals surface area (Å²) < 4.78 is 5.25. The van der Waals surface area contributed by atoms with Crippen molar-refractivity contribution in [3.63, 3.8) is 0 Å². The highest BCUT2D eigenvalue weighted by atomic mass is 79.9. The van der Waals surface area contributed by atoms with E-state index in [1.807, 2.05) is 6.92 Å². The van der Waals surface area contributed by atoms with E-state index in [2.05, 4.69) is 21.2 Å². The molecular formula is C12H16BrNO2. The standard InChI is InChI=1S/C12H16BrNO2/c1-2-11-8(6-7-16-11)12(15)14-10-5-3-4-9(10)13/h6-7,9-10H,2-5H2,1H3,(H,14,15). The molecule has 1 N–H and O–H groups in total. The Hall–Kier alpha value is -0.770. The minimum atomic E-state index is -0.0121. The van der Waals surface area contributed by atoms with E-state index in [0.717, 1.165) is 25.0 Å². The second kappa shape index (κ2) is 5.04. The smallest absolute Gasteiger partial charge is 0.255 e. The molecular weight excluding hydrogens is 270 g/mol. The summed E-state index contributed by atoms with van der Waals surface area (Å²) in [4.78, 5) is 12.4. The first-order valence-corrected chi connectivity index (χ1v) is 6.65. The maximum atomic E-state index is 12.0. The van der Waals surface area contributed by atoms with Gasteiger partial charge in [-0.2, -0.15) is 0 Å². The number of carbonyl (C=O) groups excluding carboxylic acids is 1. The van der Waals surface area contributed by atoms with Crippen LogP contribution < -0.4 is 5.32 Å². The van der Waals surface area contributed by atoms with Crippen LogP contribution in [0, 0.1) is 0 Å². The summed E-state index contributed by atoms with van der Waals surface area (Å²) in [5.74, 6) is 0.753. The normalized spacial score (nSPS) is 24.6. The van der Waals surface area contributed by atoms with E-state index in [-0.39, 0.29) is 11.9 Å². The van der Waals surface area contributed by atoms with Crippen molar-refractivity contribution in [3.05, 3.63) is 23.7 Å². The Labute approximate surface area is 104 Å². The van der Waals surface area contributed by atoms with Gasteiger partial charge in [0.05, 0.1) is 11.8 Å². The number of hydrogen-bond acceptors (Lipinski definition) is 2. The summed E-state index contributed by atoms with van der Waals surface area (Å²) in [6.07, 6.45) is 5.69. The number of nitrogens with one attached hydrogen (secondary N) is 1. The van der Waals surface area contributed by atoms with Crippen LogP contribution >= 0.6 is 15.9 Å². The number of halogens is 1. The van der Waals surface area contributed by atoms with E-state index >= 15 is 0 Å². The Morgan fingerprint density at radius 3 is 3.06 bits per heavy atom. The number of hydrogen-bond donors (Lipinski definition) is 1. The minimum absolute atomic E-state index is 0.0121. The molecule has 0 aromatic carbocycles. The Morgan fingerprint density at radius 1 is 1.62 bits per heavy atom. The van der Waals surface area contributed by atoms with Crippen LogP contribution in [0.1, 0.15) is 42.3 Å². The van der Waals surface area contributed by atoms with Crippen molar-refractivity contribution < 1.29 is 9.21 Å². The van der Waals surface area contributed by atoms with E-state index in [0.29, 0.717) is 10.4 Å². The summed E-state index contributed by atoms with van der Waals surface area (Å²) in [5.41, 5.74) is 0.675. The summed E-state index contributed by atoms with van der Waals surface area (Å²) >= 11 is 3.59. The van der Waals surface area contributed by atoms with Crippen LogP contribution in [0.25, 0.3) is 0 Å². The van der Waals surface area contributed by atoms with Gasteiger partial charge in [-0.15, -0.1) is 0 Å². The van der Waals surface area contributed by atoms with Gasteiger partial charge in [0.1, 0.15) is 5.76 Å². The second-order valence-electron chi connectivity index (χ2n) is 4.14. The molecule has 0 bridgehead atoms. The van der Waals surface area contributed by atoms with Gasteiger partial charge >= 0.3 is 0 Å². The van der Waals surface area contributed by atoms with Crippen LogP contribution in [0.5, 0.6) is 0 Å². The number of amides is 1. The molecule has 1 saturated carbocycles. The molecule has 3 nitrogen and oxygen atoms in total. The lowest BCUT2D eigenvalue weighted by Gasteiger charge is -2.15. The van der Waals surface area contributed by atoms with Gasteiger partial charge < -0.3 is 9.73 Å². The summed E-state index contributed by atoms with van der Waals surface area (Å²) in [6.45, 7) is 1.98. The second-order valence-corrected chi connectivity index (χ2v) is 5.31. The first kappa shape index (κ1) is 11.7. The molecule has 0 aliphatic heterocycles. The number of furan rings is 1. The fraction of sp³-hybridized carbons (Fsp3) is 0.583. The zero-order valence-electron chi connectivity index (χ0n) is 9.33. The van der Waals surface area contributed by atoms with E-state index < -0.39 is 0 Å². The topological polar surface area (TPSA) is 42.2 Å². The Balaban J connectivity index is 2.02. The zero-order valence-corrected chi connectivity index (χ0v) is 10.9. The molecule has 2 unspecified atom stereocenters. The number of aryl methyl sites for hydroxylation is 1. The fourth-order valence-corrected chi connectivity index (χ4v) is 2.86. The van der Waals surface area contributed by atoms with Crippen LogP contribution in [-0.4, -0.2) is 16.8 Å². The highest BCUT2D eigenvalue weighted by molar-refractivity contribution is 9.09. The van der Waals surface area contributed by atoms with Crippen LogP contribution in [0.4, 0.5) is 0 Å². The Morgan fingerprint density at radius 2 is 2.44 bits per heavy atom. The third kappa shape index (κ3) is 2.32. The van der Waals surface area contributed by atoms with Gasteiger partial charge in [0, 0.05) is 17.3 Å². The summed E-state index contributed by atoms with van der Waals surface area (Å²) in [5, 5.41) is 3.06. The molecule has 0 spiro atoms. The molecule has 1 amide bonds. The van der Waals surface area contributed by atoms with E-state index in [1.54, 1.807) is 12.3 Å². The minimum Gasteiger partial charge on any atom is -0.469 e. The molecule has 88 valence electrons. The molecule has 1 aliphatic carbocycles. The molecule has 1 aromatic heterocycles. The lowest BCUT2D eigenvalue weighted by atomic mass is 10.1. The molecule has 1 fully saturated rings. The third-order valence-electron chi connectivity index (χ3n) is 3.06. The van der Waals surface area contributed by atoms with Crippen molar-refractivity contribution >= 4 is 21.8 Å². The molecule has 0 radical (unpaired) electrons. The maximum Gasteiger partial charge on any atom is 0.255 e. The van der Waals surface area contributed by atoms with Crippen LogP contribution in [-0.2, 0) is 6.42 Å². The lowest BCUT2D eigenvalue weighted by molar-refractivity contribution is 0.0937. The average molecular weight is 286 g/mol. The first-order chi connectivity index (χ1) is 7.72. The monoisotopic (exact) mass is 285 g/mol. The van der Waals surface area contributed by atoms with Gasteiger partial charge in [-0.05, 0) is 18.9 Å².